The van der Waals surface area contributed by atoms with Crippen LogP contribution in [0.2, 0.25) is 0 Å². The molecule has 1 aliphatic heterocycles. The molecule has 1 heterocycles. The Morgan fingerprint density at radius 2 is 1.75 bits per heavy atom. The van der Waals surface area contributed by atoms with E-state index in [4.69, 9.17) is 14.2 Å². The predicted octanol–water partition coefficient (Wildman–Crippen LogP) is 5.85. The van der Waals surface area contributed by atoms with Crippen LogP contribution in [-0.2, 0) is 20.4 Å². The lowest BCUT2D eigenvalue weighted by molar-refractivity contribution is -0.142. The maximum Gasteiger partial charge on any atom is 0.416 e. The first-order valence-corrected chi connectivity index (χ1v) is 12.9. The van der Waals surface area contributed by atoms with Gasteiger partial charge in [-0.15, -0.1) is 0 Å². The molecule has 0 spiro atoms. The summed E-state index contributed by atoms with van der Waals surface area (Å²) in [4.78, 5) is 24.9. The fraction of sp³-hybridized carbons (Fsp3) is 0.290. The highest BCUT2D eigenvalue weighted by atomic mass is 19.4. The van der Waals surface area contributed by atoms with Gasteiger partial charge in [0.2, 0.25) is 0 Å². The van der Waals surface area contributed by atoms with Crippen LogP contribution in [0.5, 0.6) is 5.75 Å². The molecule has 1 saturated heterocycles. The van der Waals surface area contributed by atoms with Crippen LogP contribution in [-0.4, -0.2) is 42.0 Å². The second kappa shape index (κ2) is 11.6. The summed E-state index contributed by atoms with van der Waals surface area (Å²) in [5.41, 5.74) is 1.51. The van der Waals surface area contributed by atoms with Gasteiger partial charge in [-0.3, -0.25) is 4.79 Å². The highest BCUT2D eigenvalue weighted by Gasteiger charge is 2.50. The van der Waals surface area contributed by atoms with Crippen LogP contribution in [0.4, 0.5) is 13.2 Å². The van der Waals surface area contributed by atoms with Gasteiger partial charge < -0.3 is 19.3 Å². The first kappa shape index (κ1) is 27.5. The molecule has 6 nitrogen and oxygen atoms in total. The molecule has 9 heteroatoms. The number of fused-ring (bicyclic) bond motifs is 1. The Morgan fingerprint density at radius 1 is 1.02 bits per heavy atom. The summed E-state index contributed by atoms with van der Waals surface area (Å²) < 4.78 is 55.4. The minimum atomic E-state index is -4.51. The number of rotatable bonds is 8. The third kappa shape index (κ3) is 6.37. The van der Waals surface area contributed by atoms with E-state index in [-0.39, 0.29) is 30.7 Å². The summed E-state index contributed by atoms with van der Waals surface area (Å²) in [5, 5.41) is 10.4. The van der Waals surface area contributed by atoms with Crippen LogP contribution in [0.15, 0.2) is 91.0 Å². The predicted molar refractivity (Wildman–Crippen MR) is 139 cm³/mol. The molecule has 2 aliphatic rings. The zero-order chi connectivity index (χ0) is 28.3. The molecular formula is C31H27F3O6. The number of aliphatic hydroxyl groups excluding tert-OH is 1. The van der Waals surface area contributed by atoms with Gasteiger partial charge in [0.05, 0.1) is 17.5 Å². The van der Waals surface area contributed by atoms with Crippen LogP contribution in [0, 0.1) is 11.8 Å². The zero-order valence-electron chi connectivity index (χ0n) is 21.3. The summed E-state index contributed by atoms with van der Waals surface area (Å²) in [6, 6.07) is 21.2. The fourth-order valence-corrected chi connectivity index (χ4v) is 5.18. The van der Waals surface area contributed by atoms with E-state index in [1.807, 2.05) is 42.5 Å². The van der Waals surface area contributed by atoms with Crippen molar-refractivity contribution in [2.24, 2.45) is 11.8 Å². The molecule has 40 heavy (non-hydrogen) atoms. The lowest BCUT2D eigenvalue weighted by Gasteiger charge is -2.21. The number of carbonyl (C=O) groups is 2. The van der Waals surface area contributed by atoms with Gasteiger partial charge in [0.25, 0.3) is 0 Å². The average Bonchev–Trinajstić information content (AvgIpc) is 3.46. The largest absolute Gasteiger partial charge is 0.491 e. The molecule has 208 valence electrons. The van der Waals surface area contributed by atoms with Gasteiger partial charge in [0, 0.05) is 18.3 Å². The SMILES string of the molecule is O=C1CC2C(CC(OC(=O)c3ccc(-c4ccccc4)cc3)C2/C=C/[C@@H](O)COc2cccc(C(F)(F)F)c2)O1. The van der Waals surface area contributed by atoms with Gasteiger partial charge in [-0.1, -0.05) is 60.7 Å². The Morgan fingerprint density at radius 3 is 2.48 bits per heavy atom. The average molecular weight is 553 g/mol. The molecule has 1 N–H and O–H groups in total. The van der Waals surface area contributed by atoms with Gasteiger partial charge in [-0.05, 0) is 41.5 Å². The van der Waals surface area contributed by atoms with Crippen molar-refractivity contribution in [2.75, 3.05) is 6.61 Å². The standard InChI is InChI=1S/C31H27F3O6/c32-31(33,34)22-7-4-8-24(15-22)38-18-23(35)13-14-25-26-16-29(36)39-28(26)17-27(25)40-30(37)21-11-9-20(10-12-21)19-5-2-1-3-6-19/h1-15,23,25-28,35H,16-18H2/b14-13+/t23-,25?,26?,27?,28?/m1/s1. The van der Waals surface area contributed by atoms with Crippen molar-refractivity contribution in [1.82, 2.24) is 0 Å². The third-order valence-corrected chi connectivity index (χ3v) is 7.17. The summed E-state index contributed by atoms with van der Waals surface area (Å²) in [7, 11) is 0. The van der Waals surface area contributed by atoms with Crippen LogP contribution in [0.1, 0.15) is 28.8 Å². The van der Waals surface area contributed by atoms with E-state index in [0.717, 1.165) is 23.3 Å². The van der Waals surface area contributed by atoms with Crippen LogP contribution in [0.25, 0.3) is 11.1 Å². The topological polar surface area (TPSA) is 82.1 Å². The third-order valence-electron chi connectivity index (χ3n) is 7.17. The van der Waals surface area contributed by atoms with Gasteiger partial charge in [-0.25, -0.2) is 4.79 Å². The molecule has 0 radical (unpaired) electrons. The molecule has 4 unspecified atom stereocenters. The number of carbonyl (C=O) groups excluding carboxylic acids is 2. The number of alkyl halides is 3. The van der Waals surface area contributed by atoms with E-state index in [2.05, 4.69) is 0 Å². The van der Waals surface area contributed by atoms with Crippen molar-refractivity contribution in [3.8, 4) is 16.9 Å². The summed E-state index contributed by atoms with van der Waals surface area (Å²) in [5.74, 6) is -1.49. The number of benzene rings is 3. The molecule has 3 aromatic carbocycles. The minimum absolute atomic E-state index is 0.0249. The van der Waals surface area contributed by atoms with Crippen molar-refractivity contribution < 1.29 is 42.1 Å². The molecule has 1 aliphatic carbocycles. The number of ether oxygens (including phenoxy) is 3. The number of hydrogen-bond acceptors (Lipinski definition) is 6. The van der Waals surface area contributed by atoms with Crippen LogP contribution < -0.4 is 4.74 Å². The molecule has 5 atom stereocenters. The summed E-state index contributed by atoms with van der Waals surface area (Å²) in [6.45, 7) is -0.285. The highest BCUT2D eigenvalue weighted by Crippen LogP contribution is 2.44. The Hall–Kier alpha value is -4.11. The van der Waals surface area contributed by atoms with Gasteiger partial charge >= 0.3 is 18.1 Å². The molecule has 0 aromatic heterocycles. The smallest absolute Gasteiger partial charge is 0.416 e. The van der Waals surface area contributed by atoms with Crippen molar-refractivity contribution in [3.63, 3.8) is 0 Å². The Bertz CT molecular complexity index is 1370. The van der Waals surface area contributed by atoms with Gasteiger partial charge in [-0.2, -0.15) is 13.2 Å². The van der Waals surface area contributed by atoms with E-state index in [1.54, 1.807) is 18.2 Å². The van der Waals surface area contributed by atoms with Gasteiger partial charge in [0.15, 0.2) is 0 Å². The Labute approximate surface area is 229 Å². The van der Waals surface area contributed by atoms with E-state index in [9.17, 15) is 27.9 Å². The first-order chi connectivity index (χ1) is 19.2. The lowest BCUT2D eigenvalue weighted by Crippen LogP contribution is -2.25. The normalized spacial score (nSPS) is 23.1. The number of aliphatic hydroxyl groups is 1. The molecular weight excluding hydrogens is 525 g/mol. The summed E-state index contributed by atoms with van der Waals surface area (Å²) >= 11 is 0. The number of hydrogen-bond donors (Lipinski definition) is 1. The monoisotopic (exact) mass is 552 g/mol. The van der Waals surface area contributed by atoms with Crippen molar-refractivity contribution in [3.05, 3.63) is 102 Å². The van der Waals surface area contributed by atoms with E-state index < -0.39 is 41.9 Å². The zero-order valence-corrected chi connectivity index (χ0v) is 21.3. The molecule has 1 saturated carbocycles. The van der Waals surface area contributed by atoms with E-state index in [0.29, 0.717) is 12.0 Å². The number of esters is 2. The number of halogens is 3. The second-order valence-electron chi connectivity index (χ2n) is 9.89. The van der Waals surface area contributed by atoms with Gasteiger partial charge in [0.1, 0.15) is 30.7 Å². The Kier molecular flexibility index (Phi) is 7.93. The maximum absolute atomic E-state index is 13.0. The molecule has 2 fully saturated rings. The highest BCUT2D eigenvalue weighted by molar-refractivity contribution is 5.90. The van der Waals surface area contributed by atoms with Crippen molar-refractivity contribution >= 4 is 11.9 Å². The first-order valence-electron chi connectivity index (χ1n) is 12.9. The Balaban J connectivity index is 1.23. The molecule has 0 amide bonds. The second-order valence-corrected chi connectivity index (χ2v) is 9.89. The van der Waals surface area contributed by atoms with Crippen LogP contribution in [0.3, 0.4) is 0 Å². The van der Waals surface area contributed by atoms with Crippen LogP contribution >= 0.6 is 0 Å². The lowest BCUT2D eigenvalue weighted by atomic mass is 9.91. The fourth-order valence-electron chi connectivity index (χ4n) is 5.18. The maximum atomic E-state index is 13.0. The molecule has 5 rings (SSSR count). The van der Waals surface area contributed by atoms with Crippen molar-refractivity contribution in [2.45, 2.75) is 37.3 Å². The quantitative estimate of drug-likeness (QED) is 0.279. The molecule has 0 bridgehead atoms. The van der Waals surface area contributed by atoms with E-state index in [1.165, 1.54) is 18.2 Å². The van der Waals surface area contributed by atoms with Crippen molar-refractivity contribution in [1.29, 1.82) is 0 Å². The summed E-state index contributed by atoms with van der Waals surface area (Å²) in [6.07, 6.45) is -3.03. The minimum Gasteiger partial charge on any atom is -0.491 e. The molecule has 3 aromatic rings. The van der Waals surface area contributed by atoms with E-state index >= 15 is 0 Å².